The van der Waals surface area contributed by atoms with Gasteiger partial charge in [0.2, 0.25) is 6.43 Å². The molecule has 0 bridgehead atoms. The van der Waals surface area contributed by atoms with Gasteiger partial charge in [0.1, 0.15) is 6.54 Å². The molecule has 0 aliphatic carbocycles. The third kappa shape index (κ3) is 4.45. The van der Waals surface area contributed by atoms with E-state index < -0.39 is 24.9 Å². The van der Waals surface area contributed by atoms with Crippen LogP contribution in [0.3, 0.4) is 0 Å². The number of halogens is 5. The summed E-state index contributed by atoms with van der Waals surface area (Å²) < 4.78 is 63.5. The van der Waals surface area contributed by atoms with Gasteiger partial charge in [-0.1, -0.05) is 42.1 Å². The van der Waals surface area contributed by atoms with Crippen molar-refractivity contribution < 1.29 is 22.0 Å². The zero-order valence-corrected chi connectivity index (χ0v) is 11.5. The Labute approximate surface area is 122 Å². The minimum absolute atomic E-state index is 0.0634. The lowest BCUT2D eigenvalue weighted by atomic mass is 10.2. The summed E-state index contributed by atoms with van der Waals surface area (Å²) in [5.41, 5.74) is 0.808. The van der Waals surface area contributed by atoms with E-state index in [9.17, 15) is 22.0 Å². The largest absolute Gasteiger partial charge is 0.406 e. The molecule has 0 saturated heterocycles. The first-order valence-electron chi connectivity index (χ1n) is 5.95. The monoisotopic (exact) mass is 322 g/mol. The number of rotatable bonds is 5. The highest BCUT2D eigenvalue weighted by Gasteiger charge is 2.31. The van der Waals surface area contributed by atoms with Gasteiger partial charge in [0.15, 0.2) is 5.16 Å². The van der Waals surface area contributed by atoms with Gasteiger partial charge in [-0.2, -0.15) is 13.2 Å². The number of hydrogen-bond donors (Lipinski definition) is 0. The van der Waals surface area contributed by atoms with Gasteiger partial charge in [0.05, 0.1) is 17.6 Å². The minimum Gasteiger partial charge on any atom is -0.310 e. The van der Waals surface area contributed by atoms with Crippen molar-refractivity contribution in [2.24, 2.45) is 0 Å². The van der Waals surface area contributed by atoms with Crippen LogP contribution < -0.4 is 0 Å². The molecule has 0 aliphatic rings. The molecular formula is C13H11F5N2S. The predicted molar refractivity (Wildman–Crippen MR) is 70.4 cm³/mol. The van der Waals surface area contributed by atoms with Gasteiger partial charge in [-0.05, 0) is 5.56 Å². The summed E-state index contributed by atoms with van der Waals surface area (Å²) in [5, 5.41) is -0.0634. The maximum absolute atomic E-state index is 12.7. The second kappa shape index (κ2) is 6.46. The van der Waals surface area contributed by atoms with Gasteiger partial charge in [-0.25, -0.2) is 13.8 Å². The first-order chi connectivity index (χ1) is 9.87. The Balaban J connectivity index is 2.36. The molecule has 1 aromatic heterocycles. The van der Waals surface area contributed by atoms with E-state index in [1.165, 1.54) is 6.20 Å². The van der Waals surface area contributed by atoms with Gasteiger partial charge >= 0.3 is 6.18 Å². The van der Waals surface area contributed by atoms with Crippen molar-refractivity contribution in [1.82, 2.24) is 9.55 Å². The molecule has 21 heavy (non-hydrogen) atoms. The molecule has 0 radical (unpaired) electrons. The second-order valence-electron chi connectivity index (χ2n) is 4.20. The molecule has 1 aromatic carbocycles. The number of imidazole rings is 1. The SMILES string of the molecule is FC(F)CSc1ncc(-c2ccccc2)n1CC(F)(F)F. The molecule has 2 rings (SSSR count). The van der Waals surface area contributed by atoms with Gasteiger partial charge in [0.25, 0.3) is 0 Å². The molecule has 0 saturated carbocycles. The first kappa shape index (κ1) is 15.8. The zero-order valence-electron chi connectivity index (χ0n) is 10.6. The van der Waals surface area contributed by atoms with Crippen molar-refractivity contribution >= 4 is 11.8 Å². The molecule has 0 atom stereocenters. The smallest absolute Gasteiger partial charge is 0.310 e. The normalized spacial score (nSPS) is 12.1. The Morgan fingerprint density at radius 2 is 1.81 bits per heavy atom. The van der Waals surface area contributed by atoms with Gasteiger partial charge in [0, 0.05) is 0 Å². The number of aromatic nitrogens is 2. The van der Waals surface area contributed by atoms with Crippen molar-refractivity contribution in [3.63, 3.8) is 0 Å². The van der Waals surface area contributed by atoms with Crippen LogP contribution in [0.1, 0.15) is 0 Å². The van der Waals surface area contributed by atoms with Crippen LogP contribution in [0.15, 0.2) is 41.7 Å². The summed E-state index contributed by atoms with van der Waals surface area (Å²) in [4.78, 5) is 3.84. The Kier molecular flexibility index (Phi) is 4.87. The quantitative estimate of drug-likeness (QED) is 0.597. The van der Waals surface area contributed by atoms with Crippen LogP contribution in [0, 0.1) is 0 Å². The molecule has 0 unspecified atom stereocenters. The molecule has 114 valence electrons. The fourth-order valence-electron chi connectivity index (χ4n) is 1.78. The highest BCUT2D eigenvalue weighted by Crippen LogP contribution is 2.30. The summed E-state index contributed by atoms with van der Waals surface area (Å²) >= 11 is 0.613. The van der Waals surface area contributed by atoms with Crippen LogP contribution in [-0.4, -0.2) is 27.9 Å². The molecule has 8 heteroatoms. The molecule has 0 N–H and O–H groups in total. The van der Waals surface area contributed by atoms with Crippen LogP contribution in [0.2, 0.25) is 0 Å². The van der Waals surface area contributed by atoms with Crippen LogP contribution in [-0.2, 0) is 6.54 Å². The average molecular weight is 322 g/mol. The van der Waals surface area contributed by atoms with E-state index in [1.807, 2.05) is 0 Å². The Hall–Kier alpha value is -1.57. The van der Waals surface area contributed by atoms with E-state index in [4.69, 9.17) is 0 Å². The lowest BCUT2D eigenvalue weighted by Gasteiger charge is -2.14. The van der Waals surface area contributed by atoms with E-state index in [1.54, 1.807) is 30.3 Å². The molecule has 1 heterocycles. The third-order valence-corrected chi connectivity index (χ3v) is 3.57. The van der Waals surface area contributed by atoms with E-state index in [-0.39, 0.29) is 10.9 Å². The predicted octanol–water partition coefficient (Wildman–Crippen LogP) is 4.47. The zero-order chi connectivity index (χ0) is 15.5. The van der Waals surface area contributed by atoms with Crippen LogP contribution in [0.5, 0.6) is 0 Å². The van der Waals surface area contributed by atoms with E-state index in [0.717, 1.165) is 4.57 Å². The Morgan fingerprint density at radius 3 is 2.38 bits per heavy atom. The lowest BCUT2D eigenvalue weighted by Crippen LogP contribution is -2.19. The molecule has 0 amide bonds. The van der Waals surface area contributed by atoms with E-state index in [0.29, 0.717) is 17.3 Å². The summed E-state index contributed by atoms with van der Waals surface area (Å²) in [6.45, 7) is -1.26. The third-order valence-electron chi connectivity index (χ3n) is 2.56. The number of thioether (sulfide) groups is 1. The van der Waals surface area contributed by atoms with Crippen molar-refractivity contribution in [3.8, 4) is 11.3 Å². The highest BCUT2D eigenvalue weighted by atomic mass is 32.2. The van der Waals surface area contributed by atoms with E-state index >= 15 is 0 Å². The van der Waals surface area contributed by atoms with E-state index in [2.05, 4.69) is 4.98 Å². The van der Waals surface area contributed by atoms with Crippen LogP contribution in [0.25, 0.3) is 11.3 Å². The standard InChI is InChI=1S/C13H11F5N2S/c14-11(15)7-21-12-19-6-10(9-4-2-1-3-5-9)20(12)8-13(16,17)18/h1-6,11H,7-8H2. The number of hydrogen-bond acceptors (Lipinski definition) is 2. The molecule has 2 aromatic rings. The van der Waals surface area contributed by atoms with Gasteiger partial charge in [-0.15, -0.1) is 0 Å². The number of alkyl halides is 5. The maximum Gasteiger partial charge on any atom is 0.406 e. The summed E-state index contributed by atoms with van der Waals surface area (Å²) in [7, 11) is 0. The minimum atomic E-state index is -4.45. The van der Waals surface area contributed by atoms with Crippen molar-refractivity contribution in [2.75, 3.05) is 5.75 Å². The topological polar surface area (TPSA) is 17.8 Å². The molecule has 0 aliphatic heterocycles. The molecule has 0 spiro atoms. The van der Waals surface area contributed by atoms with Gasteiger partial charge < -0.3 is 4.57 Å². The van der Waals surface area contributed by atoms with Crippen molar-refractivity contribution in [3.05, 3.63) is 36.5 Å². The fourth-order valence-corrected chi connectivity index (χ4v) is 2.50. The first-order valence-corrected chi connectivity index (χ1v) is 6.94. The Morgan fingerprint density at radius 1 is 1.14 bits per heavy atom. The second-order valence-corrected chi connectivity index (χ2v) is 5.18. The molecule has 2 nitrogen and oxygen atoms in total. The van der Waals surface area contributed by atoms with Crippen LogP contribution >= 0.6 is 11.8 Å². The Bertz CT molecular complexity index is 580. The van der Waals surface area contributed by atoms with Crippen molar-refractivity contribution in [1.29, 1.82) is 0 Å². The average Bonchev–Trinajstić information content (AvgIpc) is 2.78. The summed E-state index contributed by atoms with van der Waals surface area (Å²) in [6.07, 6.45) is -5.79. The number of benzene rings is 1. The van der Waals surface area contributed by atoms with Gasteiger partial charge in [-0.3, -0.25) is 0 Å². The van der Waals surface area contributed by atoms with Crippen molar-refractivity contribution in [2.45, 2.75) is 24.3 Å². The molecule has 0 fully saturated rings. The number of nitrogens with zero attached hydrogens (tertiary/aromatic N) is 2. The lowest BCUT2D eigenvalue weighted by molar-refractivity contribution is -0.141. The molecular weight excluding hydrogens is 311 g/mol. The summed E-state index contributed by atoms with van der Waals surface area (Å²) in [6, 6.07) is 8.40. The maximum atomic E-state index is 12.7. The summed E-state index contributed by atoms with van der Waals surface area (Å²) in [5.74, 6) is -0.594. The fraction of sp³-hybridized carbons (Fsp3) is 0.308. The highest BCUT2D eigenvalue weighted by molar-refractivity contribution is 7.99. The van der Waals surface area contributed by atoms with Crippen LogP contribution in [0.4, 0.5) is 22.0 Å².